The molecule has 2 aromatic rings. The number of carbonyl (C=O) groups excluding carboxylic acids is 3. The van der Waals surface area contributed by atoms with Gasteiger partial charge in [-0.2, -0.15) is 0 Å². The van der Waals surface area contributed by atoms with Crippen LogP contribution in [-0.2, 0) is 20.8 Å². The van der Waals surface area contributed by atoms with Gasteiger partial charge in [-0.05, 0) is 25.3 Å². The smallest absolute Gasteiger partial charge is 0.246 e. The number of benzene rings is 1. The summed E-state index contributed by atoms with van der Waals surface area (Å²) in [6.45, 7) is 1.83. The van der Waals surface area contributed by atoms with E-state index in [0.29, 0.717) is 5.13 Å². The fourth-order valence-corrected chi connectivity index (χ4v) is 5.02. The highest BCUT2D eigenvalue weighted by Crippen LogP contribution is 2.37. The predicted molar refractivity (Wildman–Crippen MR) is 107 cm³/mol. The Bertz CT molecular complexity index is 899. The molecule has 1 aliphatic heterocycles. The van der Waals surface area contributed by atoms with Gasteiger partial charge < -0.3 is 5.32 Å². The van der Waals surface area contributed by atoms with Crippen molar-refractivity contribution in [3.8, 4) is 0 Å². The van der Waals surface area contributed by atoms with Gasteiger partial charge in [0.1, 0.15) is 6.54 Å². The van der Waals surface area contributed by atoms with Crippen molar-refractivity contribution in [2.24, 2.45) is 11.8 Å². The van der Waals surface area contributed by atoms with Gasteiger partial charge in [0.05, 0.1) is 11.8 Å². The average molecular weight is 398 g/mol. The third kappa shape index (κ3) is 3.85. The lowest BCUT2D eigenvalue weighted by molar-refractivity contribution is -0.142. The summed E-state index contributed by atoms with van der Waals surface area (Å²) in [4.78, 5) is 43.8. The normalized spacial score (nSPS) is 21.7. The minimum Gasteiger partial charge on any atom is -0.300 e. The summed E-state index contributed by atoms with van der Waals surface area (Å²) in [7, 11) is 0. The number of amides is 3. The van der Waals surface area contributed by atoms with Crippen LogP contribution in [0.1, 0.15) is 41.7 Å². The third-order valence-corrected chi connectivity index (χ3v) is 6.41. The van der Waals surface area contributed by atoms with E-state index in [1.54, 1.807) is 6.20 Å². The monoisotopic (exact) mass is 397 g/mol. The highest BCUT2D eigenvalue weighted by Gasteiger charge is 2.48. The zero-order valence-corrected chi connectivity index (χ0v) is 16.6. The largest absolute Gasteiger partial charge is 0.300 e. The maximum absolute atomic E-state index is 12.5. The molecule has 1 aliphatic carbocycles. The summed E-state index contributed by atoms with van der Waals surface area (Å²) >= 11 is 1.41. The Kier molecular flexibility index (Phi) is 5.26. The summed E-state index contributed by atoms with van der Waals surface area (Å²) < 4.78 is 0. The fraction of sp³-hybridized carbons (Fsp3) is 0.429. The lowest BCUT2D eigenvalue weighted by Crippen LogP contribution is -2.38. The molecule has 7 heteroatoms. The molecule has 1 saturated carbocycles. The van der Waals surface area contributed by atoms with Gasteiger partial charge >= 0.3 is 0 Å². The number of nitrogens with one attached hydrogen (secondary N) is 1. The molecule has 2 heterocycles. The molecule has 146 valence electrons. The summed E-state index contributed by atoms with van der Waals surface area (Å²) in [5.74, 6) is -1.21. The number of fused-ring (bicyclic) bond motifs is 1. The Morgan fingerprint density at radius 1 is 1.21 bits per heavy atom. The molecule has 1 aromatic carbocycles. The van der Waals surface area contributed by atoms with E-state index in [0.717, 1.165) is 41.9 Å². The van der Waals surface area contributed by atoms with E-state index in [2.05, 4.69) is 35.4 Å². The van der Waals surface area contributed by atoms with E-state index in [1.165, 1.54) is 22.5 Å². The molecule has 2 atom stereocenters. The van der Waals surface area contributed by atoms with Crippen molar-refractivity contribution in [1.29, 1.82) is 0 Å². The van der Waals surface area contributed by atoms with E-state index >= 15 is 0 Å². The maximum atomic E-state index is 12.5. The van der Waals surface area contributed by atoms with Gasteiger partial charge in [0.15, 0.2) is 5.13 Å². The molecular formula is C21H23N3O3S. The summed E-state index contributed by atoms with van der Waals surface area (Å²) in [6, 6.07) is 8.27. The quantitative estimate of drug-likeness (QED) is 0.786. The second kappa shape index (κ2) is 7.83. The molecule has 0 bridgehead atoms. The number of nitrogens with zero attached hydrogens (tertiary/aromatic N) is 2. The molecule has 3 amide bonds. The van der Waals surface area contributed by atoms with Crippen molar-refractivity contribution in [2.75, 3.05) is 11.9 Å². The number of aryl methyl sites for hydroxylation is 1. The van der Waals surface area contributed by atoms with Crippen LogP contribution in [0.5, 0.6) is 0 Å². The van der Waals surface area contributed by atoms with Gasteiger partial charge in [0.25, 0.3) is 0 Å². The Morgan fingerprint density at radius 2 is 1.93 bits per heavy atom. The van der Waals surface area contributed by atoms with Crippen molar-refractivity contribution >= 4 is 34.2 Å². The van der Waals surface area contributed by atoms with Crippen molar-refractivity contribution < 1.29 is 14.4 Å². The van der Waals surface area contributed by atoms with Crippen LogP contribution in [0.2, 0.25) is 0 Å². The molecule has 1 aromatic heterocycles. The first-order chi connectivity index (χ1) is 13.5. The molecule has 4 rings (SSSR count). The maximum Gasteiger partial charge on any atom is 0.246 e. The summed E-state index contributed by atoms with van der Waals surface area (Å²) in [6.07, 6.45) is 5.96. The molecule has 0 radical (unpaired) electrons. The lowest BCUT2D eigenvalue weighted by Gasteiger charge is -2.19. The van der Waals surface area contributed by atoms with E-state index in [4.69, 9.17) is 0 Å². The molecule has 1 saturated heterocycles. The Morgan fingerprint density at radius 3 is 2.61 bits per heavy atom. The number of hydrogen-bond donors (Lipinski definition) is 1. The van der Waals surface area contributed by atoms with Gasteiger partial charge in [-0.1, -0.05) is 42.7 Å². The number of imide groups is 1. The van der Waals surface area contributed by atoms with Crippen LogP contribution in [0.3, 0.4) is 0 Å². The molecule has 2 fully saturated rings. The zero-order chi connectivity index (χ0) is 19.7. The van der Waals surface area contributed by atoms with Crippen LogP contribution < -0.4 is 5.32 Å². The van der Waals surface area contributed by atoms with Crippen molar-refractivity contribution in [3.63, 3.8) is 0 Å². The average Bonchev–Trinajstić information content (AvgIpc) is 3.20. The third-order valence-electron chi connectivity index (χ3n) is 5.49. The summed E-state index contributed by atoms with van der Waals surface area (Å²) in [5.41, 5.74) is 2.40. The van der Waals surface area contributed by atoms with Gasteiger partial charge in [-0.15, -0.1) is 11.3 Å². The number of aromatic nitrogens is 1. The van der Waals surface area contributed by atoms with E-state index in [9.17, 15) is 14.4 Å². The SMILES string of the molecule is Cc1cccc(Cc2cnc(NC(=O)CN3C(=O)C4CCCCC4C3=O)s2)c1. The van der Waals surface area contributed by atoms with Gasteiger partial charge in [-0.25, -0.2) is 4.98 Å². The molecule has 2 aliphatic rings. The van der Waals surface area contributed by atoms with E-state index in [-0.39, 0.29) is 36.1 Å². The zero-order valence-electron chi connectivity index (χ0n) is 15.8. The number of rotatable bonds is 5. The topological polar surface area (TPSA) is 79.4 Å². The first-order valence-electron chi connectivity index (χ1n) is 9.66. The van der Waals surface area contributed by atoms with Gasteiger partial charge in [0, 0.05) is 17.5 Å². The fourth-order valence-electron chi connectivity index (χ4n) is 4.16. The second-order valence-electron chi connectivity index (χ2n) is 7.61. The van der Waals surface area contributed by atoms with E-state index in [1.807, 2.05) is 6.07 Å². The number of carbonyl (C=O) groups is 3. The number of anilines is 1. The van der Waals surface area contributed by atoms with Crippen molar-refractivity contribution in [1.82, 2.24) is 9.88 Å². The molecule has 28 heavy (non-hydrogen) atoms. The highest BCUT2D eigenvalue weighted by molar-refractivity contribution is 7.15. The van der Waals surface area contributed by atoms with Crippen LogP contribution >= 0.6 is 11.3 Å². The first kappa shape index (κ1) is 18.8. The first-order valence-corrected chi connectivity index (χ1v) is 10.5. The number of likely N-dealkylation sites (tertiary alicyclic amines) is 1. The minimum atomic E-state index is -0.378. The second-order valence-corrected chi connectivity index (χ2v) is 8.72. The van der Waals surface area contributed by atoms with Crippen LogP contribution in [0.15, 0.2) is 30.5 Å². The van der Waals surface area contributed by atoms with Crippen molar-refractivity contribution in [2.45, 2.75) is 39.0 Å². The van der Waals surface area contributed by atoms with Gasteiger partial charge in [-0.3, -0.25) is 19.3 Å². The molecule has 2 unspecified atom stereocenters. The molecular weight excluding hydrogens is 374 g/mol. The predicted octanol–water partition coefficient (Wildman–Crippen LogP) is 3.16. The highest BCUT2D eigenvalue weighted by atomic mass is 32.1. The van der Waals surface area contributed by atoms with E-state index < -0.39 is 0 Å². The standard InChI is InChI=1S/C21H23N3O3S/c1-13-5-4-6-14(9-13)10-15-11-22-21(28-15)23-18(25)12-24-19(26)16-7-2-3-8-17(16)20(24)27/h4-6,9,11,16-17H,2-3,7-8,10,12H2,1H3,(H,22,23,25). The number of hydrogen-bond acceptors (Lipinski definition) is 5. The van der Waals surface area contributed by atoms with Crippen molar-refractivity contribution in [3.05, 3.63) is 46.5 Å². The van der Waals surface area contributed by atoms with Crippen LogP contribution in [0.25, 0.3) is 0 Å². The molecule has 6 nitrogen and oxygen atoms in total. The van der Waals surface area contributed by atoms with Gasteiger partial charge in [0.2, 0.25) is 17.7 Å². The lowest BCUT2D eigenvalue weighted by atomic mass is 9.81. The summed E-state index contributed by atoms with van der Waals surface area (Å²) in [5, 5.41) is 3.22. The Labute approximate surface area is 168 Å². The van der Waals surface area contributed by atoms with Crippen LogP contribution in [-0.4, -0.2) is 34.2 Å². The number of thiazole rings is 1. The Hall–Kier alpha value is -2.54. The van der Waals surface area contributed by atoms with Crippen LogP contribution in [0, 0.1) is 18.8 Å². The molecule has 1 N–H and O–H groups in total. The molecule has 0 spiro atoms. The minimum absolute atomic E-state index is 0.191. The van der Waals surface area contributed by atoms with Crippen LogP contribution in [0.4, 0.5) is 5.13 Å². The Balaban J connectivity index is 1.36.